The minimum Gasteiger partial charge on any atom is -0.495 e. The number of benzene rings is 1. The molecule has 1 aliphatic carbocycles. The van der Waals surface area contributed by atoms with Crippen LogP contribution in [0.1, 0.15) is 12.8 Å². The van der Waals surface area contributed by atoms with Gasteiger partial charge in [0.1, 0.15) is 5.75 Å². The average Bonchev–Trinajstić information content (AvgIpc) is 3.23. The van der Waals surface area contributed by atoms with Gasteiger partial charge in [0.15, 0.2) is 0 Å². The molecule has 0 radical (unpaired) electrons. The Morgan fingerprint density at radius 3 is 2.74 bits per heavy atom. The van der Waals surface area contributed by atoms with Crippen molar-refractivity contribution in [3.8, 4) is 5.75 Å². The molecule has 1 atom stereocenters. The van der Waals surface area contributed by atoms with Crippen LogP contribution in [0.3, 0.4) is 0 Å². The second kappa shape index (κ2) is 5.62. The van der Waals surface area contributed by atoms with Crippen LogP contribution in [0.2, 0.25) is 0 Å². The molecule has 3 nitrogen and oxygen atoms in total. The lowest BCUT2D eigenvalue weighted by Gasteiger charge is -2.36. The standard InChI is InChI=1S/C14H18Br2N2O/c1-19-14-7-13(10(15)6-11(14)16)18-5-4-17-12(8-18)9-2-3-9/h6-7,9,12,17H,2-5,8H2,1H3. The Morgan fingerprint density at radius 2 is 2.05 bits per heavy atom. The molecular weight excluding hydrogens is 372 g/mol. The predicted molar refractivity (Wildman–Crippen MR) is 85.1 cm³/mol. The topological polar surface area (TPSA) is 24.5 Å². The molecular formula is C14H18Br2N2O. The van der Waals surface area contributed by atoms with Crippen molar-refractivity contribution in [3.05, 3.63) is 21.1 Å². The Hall–Kier alpha value is -0.260. The Balaban J connectivity index is 1.83. The van der Waals surface area contributed by atoms with Crippen molar-refractivity contribution in [3.63, 3.8) is 0 Å². The van der Waals surface area contributed by atoms with Crippen molar-refractivity contribution in [1.29, 1.82) is 0 Å². The summed E-state index contributed by atoms with van der Waals surface area (Å²) in [6.45, 7) is 3.20. The van der Waals surface area contributed by atoms with Crippen molar-refractivity contribution < 1.29 is 4.74 Å². The van der Waals surface area contributed by atoms with E-state index in [1.54, 1.807) is 7.11 Å². The molecule has 5 heteroatoms. The van der Waals surface area contributed by atoms with E-state index in [2.05, 4.69) is 54.2 Å². The summed E-state index contributed by atoms with van der Waals surface area (Å²) in [6.07, 6.45) is 2.77. The molecule has 1 saturated heterocycles. The lowest BCUT2D eigenvalue weighted by Crippen LogP contribution is -2.51. The molecule has 19 heavy (non-hydrogen) atoms. The van der Waals surface area contributed by atoms with Gasteiger partial charge in [-0.05, 0) is 56.7 Å². The Kier molecular flexibility index (Phi) is 4.06. The van der Waals surface area contributed by atoms with Crippen LogP contribution in [-0.2, 0) is 0 Å². The number of ether oxygens (including phenoxy) is 1. The summed E-state index contributed by atoms with van der Waals surface area (Å²) in [5.41, 5.74) is 1.23. The summed E-state index contributed by atoms with van der Waals surface area (Å²) in [7, 11) is 1.71. The van der Waals surface area contributed by atoms with Gasteiger partial charge in [-0.3, -0.25) is 0 Å². The molecule has 0 amide bonds. The quantitative estimate of drug-likeness (QED) is 0.857. The molecule has 1 N–H and O–H groups in total. The Labute approximate surface area is 130 Å². The zero-order chi connectivity index (χ0) is 13.4. The molecule has 1 heterocycles. The zero-order valence-corrected chi connectivity index (χ0v) is 14.1. The maximum absolute atomic E-state index is 5.41. The van der Waals surface area contributed by atoms with E-state index in [1.165, 1.54) is 18.5 Å². The molecule has 2 fully saturated rings. The minimum atomic E-state index is 0.648. The first-order chi connectivity index (χ1) is 9.19. The molecule has 0 spiro atoms. The van der Waals surface area contributed by atoms with Crippen molar-refractivity contribution in [1.82, 2.24) is 5.32 Å². The van der Waals surface area contributed by atoms with Crippen molar-refractivity contribution in [2.24, 2.45) is 5.92 Å². The first-order valence-electron chi connectivity index (χ1n) is 6.70. The number of piperazine rings is 1. The van der Waals surface area contributed by atoms with Gasteiger partial charge in [-0.1, -0.05) is 0 Å². The molecule has 1 unspecified atom stereocenters. The van der Waals surface area contributed by atoms with Crippen LogP contribution in [0, 0.1) is 5.92 Å². The average molecular weight is 390 g/mol. The van der Waals surface area contributed by atoms with Crippen molar-refractivity contribution in [2.45, 2.75) is 18.9 Å². The summed E-state index contributed by atoms with van der Waals surface area (Å²) < 4.78 is 7.52. The highest BCUT2D eigenvalue weighted by Crippen LogP contribution is 2.39. The van der Waals surface area contributed by atoms with Crippen LogP contribution in [0.4, 0.5) is 5.69 Å². The smallest absolute Gasteiger partial charge is 0.135 e. The largest absolute Gasteiger partial charge is 0.495 e. The van der Waals surface area contributed by atoms with E-state index in [0.29, 0.717) is 6.04 Å². The predicted octanol–water partition coefficient (Wildman–Crippen LogP) is 3.41. The molecule has 3 rings (SSSR count). The van der Waals surface area contributed by atoms with Crippen LogP contribution in [0.5, 0.6) is 5.75 Å². The van der Waals surface area contributed by atoms with Gasteiger partial charge in [0.25, 0.3) is 0 Å². The summed E-state index contributed by atoms with van der Waals surface area (Å²) in [4.78, 5) is 2.46. The third-order valence-electron chi connectivity index (χ3n) is 3.96. The highest BCUT2D eigenvalue weighted by Gasteiger charge is 2.34. The fraction of sp³-hybridized carbons (Fsp3) is 0.571. The van der Waals surface area contributed by atoms with E-state index in [0.717, 1.165) is 40.2 Å². The van der Waals surface area contributed by atoms with E-state index in [4.69, 9.17) is 4.74 Å². The zero-order valence-electron chi connectivity index (χ0n) is 11.0. The second-order valence-electron chi connectivity index (χ2n) is 5.28. The Morgan fingerprint density at radius 1 is 1.26 bits per heavy atom. The van der Waals surface area contributed by atoms with Gasteiger partial charge >= 0.3 is 0 Å². The number of nitrogens with zero attached hydrogens (tertiary/aromatic N) is 1. The van der Waals surface area contributed by atoms with E-state index < -0.39 is 0 Å². The number of hydrogen-bond donors (Lipinski definition) is 1. The highest BCUT2D eigenvalue weighted by molar-refractivity contribution is 9.11. The SMILES string of the molecule is COc1cc(N2CCNC(C3CC3)C2)c(Br)cc1Br. The summed E-state index contributed by atoms with van der Waals surface area (Å²) in [5.74, 6) is 1.78. The van der Waals surface area contributed by atoms with Crippen LogP contribution in [0.15, 0.2) is 21.1 Å². The molecule has 1 aromatic rings. The Bertz CT molecular complexity index is 477. The van der Waals surface area contributed by atoms with Crippen LogP contribution in [0.25, 0.3) is 0 Å². The normalized spacial score (nSPS) is 23.5. The van der Waals surface area contributed by atoms with Gasteiger partial charge in [0, 0.05) is 36.2 Å². The molecule has 1 aromatic carbocycles. The van der Waals surface area contributed by atoms with E-state index >= 15 is 0 Å². The highest BCUT2D eigenvalue weighted by atomic mass is 79.9. The van der Waals surface area contributed by atoms with Crippen LogP contribution in [-0.4, -0.2) is 32.8 Å². The van der Waals surface area contributed by atoms with Crippen LogP contribution < -0.4 is 15.0 Å². The number of rotatable bonds is 3. The van der Waals surface area contributed by atoms with Gasteiger partial charge in [-0.2, -0.15) is 0 Å². The van der Waals surface area contributed by atoms with Gasteiger partial charge in [-0.25, -0.2) is 0 Å². The monoisotopic (exact) mass is 388 g/mol. The minimum absolute atomic E-state index is 0.648. The fourth-order valence-corrected chi connectivity index (χ4v) is 4.14. The fourth-order valence-electron chi connectivity index (χ4n) is 2.73. The van der Waals surface area contributed by atoms with Gasteiger partial charge in [0.2, 0.25) is 0 Å². The number of anilines is 1. The first-order valence-corrected chi connectivity index (χ1v) is 8.29. The number of halogens is 2. The van der Waals surface area contributed by atoms with Gasteiger partial charge in [-0.15, -0.1) is 0 Å². The van der Waals surface area contributed by atoms with E-state index in [1.807, 2.05) is 0 Å². The lowest BCUT2D eigenvalue weighted by molar-refractivity contribution is 0.408. The van der Waals surface area contributed by atoms with Crippen LogP contribution >= 0.6 is 31.9 Å². The maximum Gasteiger partial charge on any atom is 0.135 e. The van der Waals surface area contributed by atoms with Gasteiger partial charge in [0.05, 0.1) is 17.3 Å². The molecule has 0 aromatic heterocycles. The number of methoxy groups -OCH3 is 1. The summed E-state index contributed by atoms with van der Waals surface area (Å²) in [6, 6.07) is 4.83. The lowest BCUT2D eigenvalue weighted by atomic mass is 10.1. The second-order valence-corrected chi connectivity index (χ2v) is 6.99. The third kappa shape index (κ3) is 2.93. The summed E-state index contributed by atoms with van der Waals surface area (Å²) >= 11 is 7.20. The number of hydrogen-bond acceptors (Lipinski definition) is 3. The first kappa shape index (κ1) is 13.7. The molecule has 0 bridgehead atoms. The van der Waals surface area contributed by atoms with E-state index in [-0.39, 0.29) is 0 Å². The van der Waals surface area contributed by atoms with Crippen molar-refractivity contribution >= 4 is 37.5 Å². The van der Waals surface area contributed by atoms with Gasteiger partial charge < -0.3 is 15.0 Å². The maximum atomic E-state index is 5.41. The number of nitrogens with one attached hydrogen (secondary N) is 1. The van der Waals surface area contributed by atoms with E-state index in [9.17, 15) is 0 Å². The third-order valence-corrected chi connectivity index (χ3v) is 5.21. The van der Waals surface area contributed by atoms with Crippen molar-refractivity contribution in [2.75, 3.05) is 31.6 Å². The molecule has 2 aliphatic rings. The molecule has 1 aliphatic heterocycles. The molecule has 1 saturated carbocycles. The summed E-state index contributed by atoms with van der Waals surface area (Å²) in [5, 5.41) is 3.64. The molecule has 104 valence electrons.